The number of benzene rings is 2. The predicted molar refractivity (Wildman–Crippen MR) is 94.5 cm³/mol. The SMILES string of the molecule is COc1ccc(Cc2cn(Cc3ccccc3)c(N)n2)cc1OC. The van der Waals surface area contributed by atoms with Crippen LogP contribution in [0.3, 0.4) is 0 Å². The highest BCUT2D eigenvalue weighted by molar-refractivity contribution is 5.44. The van der Waals surface area contributed by atoms with E-state index < -0.39 is 0 Å². The summed E-state index contributed by atoms with van der Waals surface area (Å²) in [5.41, 5.74) is 9.27. The monoisotopic (exact) mass is 323 g/mol. The summed E-state index contributed by atoms with van der Waals surface area (Å²) < 4.78 is 12.6. The van der Waals surface area contributed by atoms with Gasteiger partial charge in [0.2, 0.25) is 5.95 Å². The van der Waals surface area contributed by atoms with Gasteiger partial charge in [0.25, 0.3) is 0 Å². The van der Waals surface area contributed by atoms with E-state index in [-0.39, 0.29) is 0 Å². The molecule has 0 radical (unpaired) electrons. The van der Waals surface area contributed by atoms with Crippen molar-refractivity contribution in [3.63, 3.8) is 0 Å². The number of methoxy groups -OCH3 is 2. The molecule has 0 atom stereocenters. The highest BCUT2D eigenvalue weighted by Gasteiger charge is 2.09. The molecule has 0 aliphatic carbocycles. The third-order valence-corrected chi connectivity index (χ3v) is 3.89. The Labute approximate surface area is 141 Å². The normalized spacial score (nSPS) is 10.6. The van der Waals surface area contributed by atoms with E-state index in [1.165, 1.54) is 5.56 Å². The molecule has 0 bridgehead atoms. The summed E-state index contributed by atoms with van der Waals surface area (Å²) in [6.45, 7) is 0.714. The van der Waals surface area contributed by atoms with Crippen LogP contribution in [0.15, 0.2) is 54.7 Å². The van der Waals surface area contributed by atoms with Crippen molar-refractivity contribution in [3.05, 3.63) is 71.5 Å². The molecule has 5 nitrogen and oxygen atoms in total. The van der Waals surface area contributed by atoms with Gasteiger partial charge >= 0.3 is 0 Å². The van der Waals surface area contributed by atoms with E-state index in [0.29, 0.717) is 24.7 Å². The van der Waals surface area contributed by atoms with Crippen LogP contribution in [-0.4, -0.2) is 23.8 Å². The van der Waals surface area contributed by atoms with Gasteiger partial charge in [0, 0.05) is 12.6 Å². The first-order chi connectivity index (χ1) is 11.7. The number of hydrogen-bond acceptors (Lipinski definition) is 4. The van der Waals surface area contributed by atoms with Gasteiger partial charge in [-0.2, -0.15) is 0 Å². The Morgan fingerprint density at radius 3 is 2.42 bits per heavy atom. The number of nitrogen functional groups attached to an aromatic ring is 1. The van der Waals surface area contributed by atoms with Gasteiger partial charge in [-0.1, -0.05) is 36.4 Å². The third kappa shape index (κ3) is 3.51. The summed E-state index contributed by atoms with van der Waals surface area (Å²) in [5.74, 6) is 1.95. The zero-order chi connectivity index (χ0) is 16.9. The Balaban J connectivity index is 1.78. The molecule has 1 aromatic heterocycles. The molecule has 2 N–H and O–H groups in total. The fourth-order valence-corrected chi connectivity index (χ4v) is 2.68. The molecule has 3 rings (SSSR count). The number of nitrogens with zero attached hydrogens (tertiary/aromatic N) is 2. The van der Waals surface area contributed by atoms with Crippen LogP contribution in [0.4, 0.5) is 5.95 Å². The highest BCUT2D eigenvalue weighted by Crippen LogP contribution is 2.28. The van der Waals surface area contributed by atoms with Crippen molar-refractivity contribution in [1.29, 1.82) is 0 Å². The van der Waals surface area contributed by atoms with Gasteiger partial charge in [-0.25, -0.2) is 4.98 Å². The number of nitrogens with two attached hydrogens (primary N) is 1. The van der Waals surface area contributed by atoms with E-state index in [1.807, 2.05) is 47.2 Å². The topological polar surface area (TPSA) is 62.3 Å². The number of anilines is 1. The minimum Gasteiger partial charge on any atom is -0.493 e. The van der Waals surface area contributed by atoms with E-state index in [1.54, 1.807) is 14.2 Å². The Bertz CT molecular complexity index is 813. The van der Waals surface area contributed by atoms with Crippen LogP contribution < -0.4 is 15.2 Å². The van der Waals surface area contributed by atoms with Crippen LogP contribution in [0, 0.1) is 0 Å². The number of aromatic nitrogens is 2. The molecule has 0 amide bonds. The van der Waals surface area contributed by atoms with Crippen molar-refractivity contribution in [1.82, 2.24) is 9.55 Å². The van der Waals surface area contributed by atoms with Crippen molar-refractivity contribution in [3.8, 4) is 11.5 Å². The number of hydrogen-bond donors (Lipinski definition) is 1. The lowest BCUT2D eigenvalue weighted by atomic mass is 10.1. The molecule has 24 heavy (non-hydrogen) atoms. The first kappa shape index (κ1) is 15.9. The highest BCUT2D eigenvalue weighted by atomic mass is 16.5. The fourth-order valence-electron chi connectivity index (χ4n) is 2.68. The first-order valence-electron chi connectivity index (χ1n) is 7.76. The van der Waals surface area contributed by atoms with Crippen molar-refractivity contribution in [2.24, 2.45) is 0 Å². The Morgan fingerprint density at radius 1 is 0.958 bits per heavy atom. The zero-order valence-corrected chi connectivity index (χ0v) is 13.9. The van der Waals surface area contributed by atoms with Crippen LogP contribution >= 0.6 is 0 Å². The molecule has 3 aromatic rings. The van der Waals surface area contributed by atoms with Crippen LogP contribution in [0.2, 0.25) is 0 Å². The second-order valence-electron chi connectivity index (χ2n) is 5.57. The van der Waals surface area contributed by atoms with E-state index in [9.17, 15) is 0 Å². The molecule has 0 saturated carbocycles. The second kappa shape index (κ2) is 7.08. The van der Waals surface area contributed by atoms with Crippen molar-refractivity contribution in [2.45, 2.75) is 13.0 Å². The van der Waals surface area contributed by atoms with Crippen molar-refractivity contribution < 1.29 is 9.47 Å². The minimum absolute atomic E-state index is 0.523. The van der Waals surface area contributed by atoms with Gasteiger partial charge in [-0.15, -0.1) is 0 Å². The molecule has 0 fully saturated rings. The third-order valence-electron chi connectivity index (χ3n) is 3.89. The Kier molecular flexibility index (Phi) is 4.70. The van der Waals surface area contributed by atoms with Crippen molar-refractivity contribution >= 4 is 5.95 Å². The van der Waals surface area contributed by atoms with Crippen LogP contribution in [-0.2, 0) is 13.0 Å². The Hall–Kier alpha value is -2.95. The average molecular weight is 323 g/mol. The van der Waals surface area contributed by atoms with Gasteiger partial charge in [-0.3, -0.25) is 0 Å². The van der Waals surface area contributed by atoms with Gasteiger partial charge in [0.15, 0.2) is 11.5 Å². The summed E-state index contributed by atoms with van der Waals surface area (Å²) >= 11 is 0. The number of rotatable bonds is 6. The molecule has 0 unspecified atom stereocenters. The van der Waals surface area contributed by atoms with E-state index in [4.69, 9.17) is 15.2 Å². The maximum atomic E-state index is 6.05. The summed E-state index contributed by atoms with van der Waals surface area (Å²) in [7, 11) is 3.26. The standard InChI is InChI=1S/C19H21N3O2/c1-23-17-9-8-15(11-18(17)24-2)10-16-13-22(19(20)21-16)12-14-6-4-3-5-7-14/h3-9,11,13H,10,12H2,1-2H3,(H2,20,21). The summed E-state index contributed by atoms with van der Waals surface area (Å²) in [4.78, 5) is 4.47. The van der Waals surface area contributed by atoms with Crippen LogP contribution in [0.25, 0.3) is 0 Å². The Morgan fingerprint density at radius 2 is 1.71 bits per heavy atom. The predicted octanol–water partition coefficient (Wildman–Crippen LogP) is 3.12. The number of imidazole rings is 1. The molecule has 0 saturated heterocycles. The molecule has 1 heterocycles. The van der Waals surface area contributed by atoms with E-state index >= 15 is 0 Å². The molecule has 0 aliphatic rings. The molecule has 124 valence electrons. The molecular weight excluding hydrogens is 302 g/mol. The lowest BCUT2D eigenvalue weighted by molar-refractivity contribution is 0.354. The lowest BCUT2D eigenvalue weighted by Crippen LogP contribution is -2.03. The second-order valence-corrected chi connectivity index (χ2v) is 5.57. The van der Waals surface area contributed by atoms with Crippen LogP contribution in [0.5, 0.6) is 11.5 Å². The zero-order valence-electron chi connectivity index (χ0n) is 13.9. The van der Waals surface area contributed by atoms with E-state index in [0.717, 1.165) is 17.0 Å². The fraction of sp³-hybridized carbons (Fsp3) is 0.211. The molecule has 0 aliphatic heterocycles. The summed E-state index contributed by atoms with van der Waals surface area (Å²) in [6.07, 6.45) is 2.69. The summed E-state index contributed by atoms with van der Waals surface area (Å²) in [6, 6.07) is 16.1. The molecule has 5 heteroatoms. The molecule has 0 spiro atoms. The largest absolute Gasteiger partial charge is 0.493 e. The molecule has 2 aromatic carbocycles. The first-order valence-corrected chi connectivity index (χ1v) is 7.76. The van der Waals surface area contributed by atoms with E-state index in [2.05, 4.69) is 17.1 Å². The van der Waals surface area contributed by atoms with Crippen molar-refractivity contribution in [2.75, 3.05) is 20.0 Å². The number of ether oxygens (including phenoxy) is 2. The van der Waals surface area contributed by atoms with Gasteiger partial charge in [0.05, 0.1) is 26.5 Å². The average Bonchev–Trinajstić information content (AvgIpc) is 2.94. The maximum Gasteiger partial charge on any atom is 0.200 e. The smallest absolute Gasteiger partial charge is 0.200 e. The van der Waals surface area contributed by atoms with Gasteiger partial charge < -0.3 is 19.8 Å². The maximum absolute atomic E-state index is 6.05. The lowest BCUT2D eigenvalue weighted by Gasteiger charge is -2.08. The van der Waals surface area contributed by atoms with Crippen LogP contribution in [0.1, 0.15) is 16.8 Å². The minimum atomic E-state index is 0.523. The summed E-state index contributed by atoms with van der Waals surface area (Å²) in [5, 5.41) is 0. The quantitative estimate of drug-likeness (QED) is 0.757. The van der Waals surface area contributed by atoms with Gasteiger partial charge in [0.1, 0.15) is 0 Å². The molecular formula is C19H21N3O2. The van der Waals surface area contributed by atoms with Gasteiger partial charge in [-0.05, 0) is 23.3 Å².